The molecule has 5 nitrogen and oxygen atoms in total. The summed E-state index contributed by atoms with van der Waals surface area (Å²) in [4.78, 5) is 12.5. The SMILES string of the molecule is Cc1cc(S(N)(=O)=O)ccc1CNC(=O)C(C)c1ccccc1C. The van der Waals surface area contributed by atoms with Gasteiger partial charge in [-0.05, 0) is 55.2 Å². The summed E-state index contributed by atoms with van der Waals surface area (Å²) in [5.74, 6) is -0.325. The zero-order chi connectivity index (χ0) is 17.9. The highest BCUT2D eigenvalue weighted by atomic mass is 32.2. The zero-order valence-electron chi connectivity index (χ0n) is 14.0. The number of hydrogen-bond donors (Lipinski definition) is 2. The van der Waals surface area contributed by atoms with Crippen molar-refractivity contribution in [3.05, 3.63) is 64.7 Å². The van der Waals surface area contributed by atoms with E-state index >= 15 is 0 Å². The van der Waals surface area contributed by atoms with Crippen LogP contribution in [0.4, 0.5) is 0 Å². The average Bonchev–Trinajstić information content (AvgIpc) is 2.52. The van der Waals surface area contributed by atoms with Crippen molar-refractivity contribution in [2.45, 2.75) is 38.1 Å². The first kappa shape index (κ1) is 18.2. The lowest BCUT2D eigenvalue weighted by Crippen LogP contribution is -2.28. The molecule has 0 bridgehead atoms. The van der Waals surface area contributed by atoms with Crippen LogP contribution in [0.2, 0.25) is 0 Å². The second-order valence-electron chi connectivity index (χ2n) is 5.93. The van der Waals surface area contributed by atoms with Gasteiger partial charge >= 0.3 is 0 Å². The highest BCUT2D eigenvalue weighted by molar-refractivity contribution is 7.89. The fourth-order valence-corrected chi connectivity index (χ4v) is 3.19. The third kappa shape index (κ3) is 4.21. The number of rotatable bonds is 5. The summed E-state index contributed by atoms with van der Waals surface area (Å²) in [5, 5.41) is 8.02. The van der Waals surface area contributed by atoms with E-state index in [-0.39, 0.29) is 16.7 Å². The number of sulfonamides is 1. The van der Waals surface area contributed by atoms with E-state index in [1.54, 1.807) is 13.0 Å². The Morgan fingerprint density at radius 2 is 1.79 bits per heavy atom. The number of nitrogens with two attached hydrogens (primary N) is 1. The predicted molar refractivity (Wildman–Crippen MR) is 94.0 cm³/mol. The molecule has 0 aliphatic heterocycles. The second-order valence-corrected chi connectivity index (χ2v) is 7.49. The van der Waals surface area contributed by atoms with Crippen LogP contribution < -0.4 is 10.5 Å². The van der Waals surface area contributed by atoms with Gasteiger partial charge in [0.1, 0.15) is 0 Å². The van der Waals surface area contributed by atoms with Crippen LogP contribution in [-0.2, 0) is 21.4 Å². The van der Waals surface area contributed by atoms with Crippen LogP contribution in [0.25, 0.3) is 0 Å². The van der Waals surface area contributed by atoms with Gasteiger partial charge in [-0.1, -0.05) is 30.3 Å². The van der Waals surface area contributed by atoms with E-state index in [1.165, 1.54) is 12.1 Å². The maximum Gasteiger partial charge on any atom is 0.238 e. The van der Waals surface area contributed by atoms with E-state index in [2.05, 4.69) is 5.32 Å². The summed E-state index contributed by atoms with van der Waals surface area (Å²) in [7, 11) is -3.71. The third-order valence-electron chi connectivity index (χ3n) is 4.14. The van der Waals surface area contributed by atoms with Crippen molar-refractivity contribution < 1.29 is 13.2 Å². The fraction of sp³-hybridized carbons (Fsp3) is 0.278. The second kappa shape index (κ2) is 7.15. The van der Waals surface area contributed by atoms with Gasteiger partial charge in [-0.25, -0.2) is 13.6 Å². The van der Waals surface area contributed by atoms with Gasteiger partial charge in [0.25, 0.3) is 0 Å². The molecule has 2 rings (SSSR count). The topological polar surface area (TPSA) is 89.3 Å². The fourth-order valence-electron chi connectivity index (χ4n) is 2.59. The van der Waals surface area contributed by atoms with Crippen LogP contribution in [0.3, 0.4) is 0 Å². The van der Waals surface area contributed by atoms with Crippen LogP contribution in [0.5, 0.6) is 0 Å². The standard InChI is InChI=1S/C18H22N2O3S/c1-12-6-4-5-7-17(12)14(3)18(21)20-11-15-8-9-16(10-13(15)2)24(19,22)23/h4-10,14H,11H2,1-3H3,(H,20,21)(H2,19,22,23). The molecule has 1 atom stereocenters. The van der Waals surface area contributed by atoms with Crippen molar-refractivity contribution in [1.82, 2.24) is 5.32 Å². The maximum absolute atomic E-state index is 12.4. The summed E-state index contributed by atoms with van der Waals surface area (Å²) in [6.07, 6.45) is 0. The van der Waals surface area contributed by atoms with E-state index in [9.17, 15) is 13.2 Å². The number of carbonyl (C=O) groups excluding carboxylic acids is 1. The van der Waals surface area contributed by atoms with Crippen molar-refractivity contribution in [3.63, 3.8) is 0 Å². The summed E-state index contributed by atoms with van der Waals surface area (Å²) in [5.41, 5.74) is 3.70. The highest BCUT2D eigenvalue weighted by Gasteiger charge is 2.17. The van der Waals surface area contributed by atoms with Crippen LogP contribution in [0, 0.1) is 13.8 Å². The number of amides is 1. The number of benzene rings is 2. The molecule has 0 fully saturated rings. The molecular weight excluding hydrogens is 324 g/mol. The average molecular weight is 346 g/mol. The molecule has 1 unspecified atom stereocenters. The minimum absolute atomic E-state index is 0.0702. The number of aryl methyl sites for hydroxylation is 2. The van der Waals surface area contributed by atoms with Gasteiger partial charge < -0.3 is 5.32 Å². The molecule has 128 valence electrons. The Hall–Kier alpha value is -2.18. The molecule has 1 amide bonds. The van der Waals surface area contributed by atoms with Gasteiger partial charge in [0.2, 0.25) is 15.9 Å². The number of primary sulfonamides is 1. The molecule has 3 N–H and O–H groups in total. The van der Waals surface area contributed by atoms with E-state index in [0.717, 1.165) is 22.3 Å². The van der Waals surface area contributed by atoms with Crippen LogP contribution in [-0.4, -0.2) is 14.3 Å². The van der Waals surface area contributed by atoms with Crippen molar-refractivity contribution in [2.75, 3.05) is 0 Å². The molecule has 0 aromatic heterocycles. The molecule has 0 aliphatic rings. The summed E-state index contributed by atoms with van der Waals surface area (Å²) in [6.45, 7) is 5.98. The van der Waals surface area contributed by atoms with Crippen molar-refractivity contribution >= 4 is 15.9 Å². The molecule has 0 aliphatic carbocycles. The quantitative estimate of drug-likeness (QED) is 0.871. The highest BCUT2D eigenvalue weighted by Crippen LogP contribution is 2.20. The summed E-state index contributed by atoms with van der Waals surface area (Å²) in [6, 6.07) is 12.4. The Balaban J connectivity index is 2.08. The third-order valence-corrected chi connectivity index (χ3v) is 5.05. The predicted octanol–water partition coefficient (Wildman–Crippen LogP) is 2.37. The lowest BCUT2D eigenvalue weighted by molar-refractivity contribution is -0.122. The molecule has 2 aromatic carbocycles. The first-order valence-electron chi connectivity index (χ1n) is 7.65. The monoisotopic (exact) mass is 346 g/mol. The molecule has 0 saturated carbocycles. The lowest BCUT2D eigenvalue weighted by Gasteiger charge is -2.15. The van der Waals surface area contributed by atoms with Gasteiger partial charge in [-0.2, -0.15) is 0 Å². The summed E-state index contributed by atoms with van der Waals surface area (Å²) < 4.78 is 22.7. The van der Waals surface area contributed by atoms with Crippen molar-refractivity contribution in [2.24, 2.45) is 5.14 Å². The number of carbonyl (C=O) groups is 1. The van der Waals surface area contributed by atoms with E-state index in [0.29, 0.717) is 6.54 Å². The van der Waals surface area contributed by atoms with E-state index in [1.807, 2.05) is 38.1 Å². The first-order chi connectivity index (χ1) is 11.2. The van der Waals surface area contributed by atoms with Gasteiger partial charge in [0, 0.05) is 6.54 Å². The first-order valence-corrected chi connectivity index (χ1v) is 9.20. The Kier molecular flexibility index (Phi) is 5.41. The number of hydrogen-bond acceptors (Lipinski definition) is 3. The van der Waals surface area contributed by atoms with Crippen molar-refractivity contribution in [1.29, 1.82) is 0 Å². The Bertz CT molecular complexity index is 860. The lowest BCUT2D eigenvalue weighted by atomic mass is 9.95. The van der Waals surface area contributed by atoms with E-state index in [4.69, 9.17) is 5.14 Å². The van der Waals surface area contributed by atoms with Crippen LogP contribution in [0.15, 0.2) is 47.4 Å². The normalized spacial score (nSPS) is 12.7. The Labute approximate surface area is 142 Å². The largest absolute Gasteiger partial charge is 0.351 e. The Morgan fingerprint density at radius 3 is 2.38 bits per heavy atom. The molecule has 24 heavy (non-hydrogen) atoms. The van der Waals surface area contributed by atoms with Crippen molar-refractivity contribution in [3.8, 4) is 0 Å². The number of nitrogens with one attached hydrogen (secondary N) is 1. The van der Waals surface area contributed by atoms with Gasteiger partial charge in [-0.15, -0.1) is 0 Å². The summed E-state index contributed by atoms with van der Waals surface area (Å²) >= 11 is 0. The molecule has 0 heterocycles. The molecule has 0 saturated heterocycles. The molecule has 2 aromatic rings. The van der Waals surface area contributed by atoms with Gasteiger partial charge in [0.05, 0.1) is 10.8 Å². The maximum atomic E-state index is 12.4. The van der Waals surface area contributed by atoms with Crippen LogP contribution >= 0.6 is 0 Å². The molecule has 6 heteroatoms. The van der Waals surface area contributed by atoms with Crippen LogP contribution in [0.1, 0.15) is 35.1 Å². The zero-order valence-corrected chi connectivity index (χ0v) is 14.9. The minimum atomic E-state index is -3.71. The molecular formula is C18H22N2O3S. The molecule has 0 spiro atoms. The molecule has 0 radical (unpaired) electrons. The van der Waals surface area contributed by atoms with Gasteiger partial charge in [0.15, 0.2) is 0 Å². The smallest absolute Gasteiger partial charge is 0.238 e. The van der Waals surface area contributed by atoms with E-state index < -0.39 is 10.0 Å². The Morgan fingerprint density at radius 1 is 1.12 bits per heavy atom. The minimum Gasteiger partial charge on any atom is -0.351 e. The van der Waals surface area contributed by atoms with Gasteiger partial charge in [-0.3, -0.25) is 4.79 Å².